The zero-order valence-electron chi connectivity index (χ0n) is 8.07. The molecule has 0 fully saturated rings. The van der Waals surface area contributed by atoms with Crippen LogP contribution >= 0.6 is 0 Å². The van der Waals surface area contributed by atoms with Gasteiger partial charge < -0.3 is 4.55 Å². The molecule has 0 amide bonds. The van der Waals surface area contributed by atoms with Crippen LogP contribution in [0, 0.1) is 0 Å². The summed E-state index contributed by atoms with van der Waals surface area (Å²) in [5.41, 5.74) is 1.10. The van der Waals surface area contributed by atoms with E-state index in [0.29, 0.717) is 4.90 Å². The first-order chi connectivity index (χ1) is 5.91. The van der Waals surface area contributed by atoms with Gasteiger partial charge in [-0.1, -0.05) is 32.9 Å². The molecule has 13 heavy (non-hydrogen) atoms. The van der Waals surface area contributed by atoms with Gasteiger partial charge in [0, 0.05) is 0 Å². The third kappa shape index (κ3) is 2.64. The topological polar surface area (TPSA) is 37.3 Å². The minimum absolute atomic E-state index is 0.0232. The molecule has 1 aromatic carbocycles. The summed E-state index contributed by atoms with van der Waals surface area (Å²) in [7, 11) is 0. The number of rotatable bonds is 1. The van der Waals surface area contributed by atoms with E-state index in [1.165, 1.54) is 0 Å². The fraction of sp³-hybridized carbons (Fsp3) is 0.400. The third-order valence-corrected chi connectivity index (χ3v) is 2.56. The number of hydrogen-bond donors (Lipinski definition) is 1. The molecule has 2 nitrogen and oxygen atoms in total. The summed E-state index contributed by atoms with van der Waals surface area (Å²) in [5, 5.41) is 0. The molecule has 0 bridgehead atoms. The maximum Gasteiger partial charge on any atom is 0.186 e. The van der Waals surface area contributed by atoms with E-state index in [0.717, 1.165) is 5.56 Å². The lowest BCUT2D eigenvalue weighted by atomic mass is 9.87. The van der Waals surface area contributed by atoms with Gasteiger partial charge in [-0.2, -0.15) is 0 Å². The molecule has 1 unspecified atom stereocenters. The highest BCUT2D eigenvalue weighted by Crippen LogP contribution is 2.23. The molecule has 1 aromatic rings. The lowest BCUT2D eigenvalue weighted by Crippen LogP contribution is -2.11. The first kappa shape index (κ1) is 10.4. The predicted octanol–water partition coefficient (Wildman–Crippen LogP) is 2.56. The van der Waals surface area contributed by atoms with Crippen molar-refractivity contribution in [1.82, 2.24) is 0 Å². The van der Waals surface area contributed by atoms with E-state index in [-0.39, 0.29) is 5.41 Å². The molecule has 0 aliphatic rings. The van der Waals surface area contributed by atoms with Gasteiger partial charge in [-0.05, 0) is 23.1 Å². The molecule has 3 heteroatoms. The molecule has 0 saturated carbocycles. The van der Waals surface area contributed by atoms with E-state index in [4.69, 9.17) is 4.55 Å². The standard InChI is InChI=1S/C10H14O2S/c1-10(2,3)8-5-4-6-9(7-8)13(11)12/h4-7H,1-3H3,(H,11,12). The van der Waals surface area contributed by atoms with Crippen molar-refractivity contribution >= 4 is 11.1 Å². The van der Waals surface area contributed by atoms with Crippen LogP contribution in [0.2, 0.25) is 0 Å². The van der Waals surface area contributed by atoms with Gasteiger partial charge in [-0.15, -0.1) is 0 Å². The van der Waals surface area contributed by atoms with Gasteiger partial charge >= 0.3 is 0 Å². The highest BCUT2D eigenvalue weighted by Gasteiger charge is 2.14. The molecule has 0 heterocycles. The van der Waals surface area contributed by atoms with Crippen molar-refractivity contribution in [2.24, 2.45) is 0 Å². The average Bonchev–Trinajstić information content (AvgIpc) is 2.03. The highest BCUT2D eigenvalue weighted by molar-refractivity contribution is 7.79. The summed E-state index contributed by atoms with van der Waals surface area (Å²) in [6.07, 6.45) is 0. The number of benzene rings is 1. The molecular formula is C10H14O2S. The summed E-state index contributed by atoms with van der Waals surface area (Å²) in [5.74, 6) is 0. The van der Waals surface area contributed by atoms with Crippen LogP contribution in [0.4, 0.5) is 0 Å². The van der Waals surface area contributed by atoms with E-state index in [9.17, 15) is 4.21 Å². The summed E-state index contributed by atoms with van der Waals surface area (Å²) >= 11 is -1.87. The van der Waals surface area contributed by atoms with Gasteiger partial charge in [0.25, 0.3) is 0 Å². The first-order valence-electron chi connectivity index (χ1n) is 4.12. The van der Waals surface area contributed by atoms with E-state index in [1.807, 2.05) is 12.1 Å². The lowest BCUT2D eigenvalue weighted by Gasteiger charge is -2.19. The fourth-order valence-electron chi connectivity index (χ4n) is 1.07. The largest absolute Gasteiger partial charge is 0.302 e. The van der Waals surface area contributed by atoms with Gasteiger partial charge in [0.05, 0.1) is 4.90 Å². The Bertz CT molecular complexity index is 326. The second-order valence-electron chi connectivity index (χ2n) is 4.03. The Morgan fingerprint density at radius 1 is 1.31 bits per heavy atom. The predicted molar refractivity (Wildman–Crippen MR) is 54.2 cm³/mol. The maximum absolute atomic E-state index is 10.8. The third-order valence-electron chi connectivity index (χ3n) is 1.90. The van der Waals surface area contributed by atoms with Crippen LogP contribution in [-0.2, 0) is 16.5 Å². The Morgan fingerprint density at radius 3 is 2.38 bits per heavy atom. The van der Waals surface area contributed by atoms with Crippen LogP contribution in [0.15, 0.2) is 29.2 Å². The minimum atomic E-state index is -1.87. The zero-order valence-corrected chi connectivity index (χ0v) is 8.89. The van der Waals surface area contributed by atoms with Crippen LogP contribution in [-0.4, -0.2) is 8.76 Å². The maximum atomic E-state index is 10.8. The molecular weight excluding hydrogens is 184 g/mol. The van der Waals surface area contributed by atoms with E-state index >= 15 is 0 Å². The van der Waals surface area contributed by atoms with Crippen molar-refractivity contribution in [2.45, 2.75) is 31.1 Å². The summed E-state index contributed by atoms with van der Waals surface area (Å²) in [4.78, 5) is 0.465. The molecule has 0 radical (unpaired) electrons. The van der Waals surface area contributed by atoms with Crippen LogP contribution < -0.4 is 0 Å². The van der Waals surface area contributed by atoms with Crippen molar-refractivity contribution in [3.8, 4) is 0 Å². The Labute approximate surface area is 81.3 Å². The Morgan fingerprint density at radius 2 is 1.92 bits per heavy atom. The molecule has 0 aliphatic heterocycles. The summed E-state index contributed by atoms with van der Waals surface area (Å²) < 4.78 is 19.7. The van der Waals surface area contributed by atoms with Gasteiger partial charge in [0.15, 0.2) is 11.1 Å². The highest BCUT2D eigenvalue weighted by atomic mass is 32.2. The van der Waals surface area contributed by atoms with Crippen LogP contribution in [0.25, 0.3) is 0 Å². The normalized spacial score (nSPS) is 14.2. The Balaban J connectivity index is 3.13. The van der Waals surface area contributed by atoms with Crippen molar-refractivity contribution in [3.63, 3.8) is 0 Å². The molecule has 1 atom stereocenters. The minimum Gasteiger partial charge on any atom is -0.302 e. The van der Waals surface area contributed by atoms with Gasteiger partial charge in [-0.25, -0.2) is 4.21 Å². The Hall–Kier alpha value is -0.670. The smallest absolute Gasteiger partial charge is 0.186 e. The molecule has 72 valence electrons. The molecule has 0 aliphatic carbocycles. The second kappa shape index (κ2) is 3.60. The quantitative estimate of drug-likeness (QED) is 0.704. The van der Waals surface area contributed by atoms with Gasteiger partial charge in [0.2, 0.25) is 0 Å². The SMILES string of the molecule is CC(C)(C)c1cccc(S(=O)O)c1. The van der Waals surface area contributed by atoms with E-state index < -0.39 is 11.1 Å². The number of hydrogen-bond acceptors (Lipinski definition) is 1. The molecule has 1 N–H and O–H groups in total. The van der Waals surface area contributed by atoms with Crippen LogP contribution in [0.3, 0.4) is 0 Å². The molecule has 0 aromatic heterocycles. The lowest BCUT2D eigenvalue weighted by molar-refractivity contribution is 0.562. The first-order valence-corrected chi connectivity index (χ1v) is 5.23. The Kier molecular flexibility index (Phi) is 2.88. The monoisotopic (exact) mass is 198 g/mol. The van der Waals surface area contributed by atoms with Crippen molar-refractivity contribution < 1.29 is 8.76 Å². The van der Waals surface area contributed by atoms with Crippen LogP contribution in [0.5, 0.6) is 0 Å². The van der Waals surface area contributed by atoms with E-state index in [2.05, 4.69) is 20.8 Å². The summed E-state index contributed by atoms with van der Waals surface area (Å²) in [6, 6.07) is 7.21. The summed E-state index contributed by atoms with van der Waals surface area (Å²) in [6.45, 7) is 6.23. The van der Waals surface area contributed by atoms with Crippen molar-refractivity contribution in [3.05, 3.63) is 29.8 Å². The van der Waals surface area contributed by atoms with Gasteiger partial charge in [-0.3, -0.25) is 0 Å². The van der Waals surface area contributed by atoms with Crippen molar-refractivity contribution in [1.29, 1.82) is 0 Å². The molecule has 0 spiro atoms. The van der Waals surface area contributed by atoms with Crippen molar-refractivity contribution in [2.75, 3.05) is 0 Å². The van der Waals surface area contributed by atoms with Gasteiger partial charge in [0.1, 0.15) is 0 Å². The van der Waals surface area contributed by atoms with E-state index in [1.54, 1.807) is 12.1 Å². The molecule has 1 rings (SSSR count). The average molecular weight is 198 g/mol. The van der Waals surface area contributed by atoms with Crippen LogP contribution in [0.1, 0.15) is 26.3 Å². The molecule has 0 saturated heterocycles. The fourth-order valence-corrected chi connectivity index (χ4v) is 1.49. The zero-order chi connectivity index (χ0) is 10.1. The second-order valence-corrected chi connectivity index (χ2v) is 5.00.